The summed E-state index contributed by atoms with van der Waals surface area (Å²) in [4.78, 5) is 13.2. The van der Waals surface area contributed by atoms with E-state index in [1.54, 1.807) is 6.07 Å². The molecule has 2 aromatic carbocycles. The van der Waals surface area contributed by atoms with Gasteiger partial charge in [-0.05, 0) is 29.5 Å². The van der Waals surface area contributed by atoms with E-state index in [0.717, 1.165) is 4.80 Å². The average Bonchev–Trinajstić information content (AvgIpc) is 2.99. The highest BCUT2D eigenvalue weighted by Crippen LogP contribution is 2.33. The molecule has 1 N–H and O–H groups in total. The zero-order valence-corrected chi connectivity index (χ0v) is 14.6. The van der Waals surface area contributed by atoms with Gasteiger partial charge < -0.3 is 5.32 Å². The number of benzene rings is 2. The van der Waals surface area contributed by atoms with Crippen LogP contribution < -0.4 is 5.32 Å². The van der Waals surface area contributed by atoms with E-state index in [0.29, 0.717) is 10.6 Å². The minimum absolute atomic E-state index is 0.204. The highest BCUT2D eigenvalue weighted by molar-refractivity contribution is 6.42. The topological polar surface area (TPSA) is 72.7 Å². The van der Waals surface area contributed by atoms with E-state index in [2.05, 4.69) is 20.7 Å². The molecule has 3 rings (SSSR count). The number of halogens is 4. The van der Waals surface area contributed by atoms with Gasteiger partial charge in [0.05, 0.1) is 15.7 Å². The van der Waals surface area contributed by atoms with Crippen LogP contribution in [0.1, 0.15) is 0 Å². The van der Waals surface area contributed by atoms with E-state index < -0.39 is 11.7 Å². The summed E-state index contributed by atoms with van der Waals surface area (Å²) >= 11 is 17.8. The highest BCUT2D eigenvalue weighted by atomic mass is 35.5. The maximum absolute atomic E-state index is 13.2. The van der Waals surface area contributed by atoms with Crippen molar-refractivity contribution in [2.45, 2.75) is 6.54 Å². The van der Waals surface area contributed by atoms with Crippen molar-refractivity contribution in [2.24, 2.45) is 0 Å². The number of carbonyl (C=O) groups excluding carboxylic acids is 1. The van der Waals surface area contributed by atoms with Crippen LogP contribution in [0.4, 0.5) is 10.1 Å². The van der Waals surface area contributed by atoms with Gasteiger partial charge in [-0.2, -0.15) is 4.80 Å². The Morgan fingerprint density at radius 1 is 1.16 bits per heavy atom. The van der Waals surface area contributed by atoms with Crippen LogP contribution in [0.25, 0.3) is 11.4 Å². The fourth-order valence-electron chi connectivity index (χ4n) is 2.02. The van der Waals surface area contributed by atoms with Crippen LogP contribution >= 0.6 is 34.8 Å². The molecule has 0 aliphatic heterocycles. The number of hydrogen-bond donors (Lipinski definition) is 1. The quantitative estimate of drug-likeness (QED) is 0.716. The second-order valence-electron chi connectivity index (χ2n) is 4.95. The number of aromatic nitrogens is 4. The molecule has 0 radical (unpaired) electrons. The van der Waals surface area contributed by atoms with Crippen LogP contribution in [0.2, 0.25) is 15.1 Å². The second-order valence-corrected chi connectivity index (χ2v) is 6.20. The monoisotopic (exact) mass is 399 g/mol. The summed E-state index contributed by atoms with van der Waals surface area (Å²) in [6.07, 6.45) is 0. The summed E-state index contributed by atoms with van der Waals surface area (Å²) in [6.45, 7) is -0.225. The van der Waals surface area contributed by atoms with Gasteiger partial charge in [-0.3, -0.25) is 4.79 Å². The molecule has 25 heavy (non-hydrogen) atoms. The number of nitrogens with zero attached hydrogens (tertiary/aromatic N) is 4. The molecule has 10 heteroatoms. The van der Waals surface area contributed by atoms with Crippen molar-refractivity contribution in [1.82, 2.24) is 20.2 Å². The molecule has 0 saturated heterocycles. The number of nitrogens with one attached hydrogen (secondary N) is 1. The molecule has 0 atom stereocenters. The highest BCUT2D eigenvalue weighted by Gasteiger charge is 2.14. The molecule has 0 aliphatic carbocycles. The molecule has 0 spiro atoms. The van der Waals surface area contributed by atoms with Crippen molar-refractivity contribution in [2.75, 3.05) is 5.32 Å². The van der Waals surface area contributed by atoms with Crippen molar-refractivity contribution >= 4 is 46.4 Å². The lowest BCUT2D eigenvalue weighted by Crippen LogP contribution is -2.20. The minimum Gasteiger partial charge on any atom is -0.322 e. The summed E-state index contributed by atoms with van der Waals surface area (Å²) in [5.74, 6) is -0.678. The van der Waals surface area contributed by atoms with Gasteiger partial charge in [-0.25, -0.2) is 4.39 Å². The van der Waals surface area contributed by atoms with E-state index in [4.69, 9.17) is 34.8 Å². The summed E-state index contributed by atoms with van der Waals surface area (Å²) in [7, 11) is 0. The number of carbonyl (C=O) groups is 1. The van der Waals surface area contributed by atoms with Crippen molar-refractivity contribution in [1.29, 1.82) is 0 Å². The van der Waals surface area contributed by atoms with Crippen LogP contribution in [-0.4, -0.2) is 26.1 Å². The van der Waals surface area contributed by atoms with E-state index in [1.807, 2.05) is 0 Å². The van der Waals surface area contributed by atoms with Gasteiger partial charge in [0.1, 0.15) is 12.4 Å². The number of amides is 1. The molecule has 0 fully saturated rings. The Bertz CT molecular complexity index is 923. The van der Waals surface area contributed by atoms with E-state index in [9.17, 15) is 9.18 Å². The maximum Gasteiger partial charge on any atom is 0.248 e. The molecule has 6 nitrogen and oxygen atoms in total. The van der Waals surface area contributed by atoms with Crippen LogP contribution in [0.15, 0.2) is 36.4 Å². The Morgan fingerprint density at radius 2 is 1.88 bits per heavy atom. The first-order chi connectivity index (χ1) is 11.9. The molecule has 0 aliphatic rings. The molecule has 1 heterocycles. The van der Waals surface area contributed by atoms with Crippen molar-refractivity contribution < 1.29 is 9.18 Å². The number of anilines is 1. The van der Waals surface area contributed by atoms with Gasteiger partial charge in [-0.15, -0.1) is 10.2 Å². The third-order valence-corrected chi connectivity index (χ3v) is 3.91. The average molecular weight is 401 g/mol. The summed E-state index contributed by atoms with van der Waals surface area (Å²) in [6, 6.07) is 8.66. The van der Waals surface area contributed by atoms with Crippen LogP contribution in [0.3, 0.4) is 0 Å². The molecule has 1 amide bonds. The Labute approximate surface area is 156 Å². The predicted molar refractivity (Wildman–Crippen MR) is 93.3 cm³/mol. The van der Waals surface area contributed by atoms with Gasteiger partial charge >= 0.3 is 0 Å². The lowest BCUT2D eigenvalue weighted by Gasteiger charge is -2.09. The number of hydrogen-bond acceptors (Lipinski definition) is 4. The third-order valence-electron chi connectivity index (χ3n) is 3.09. The first-order valence-corrected chi connectivity index (χ1v) is 8.04. The van der Waals surface area contributed by atoms with E-state index in [-0.39, 0.29) is 28.1 Å². The summed E-state index contributed by atoms with van der Waals surface area (Å²) in [5, 5.41) is 14.9. The van der Waals surface area contributed by atoms with E-state index >= 15 is 0 Å². The van der Waals surface area contributed by atoms with Crippen molar-refractivity contribution in [3.8, 4) is 11.4 Å². The Balaban J connectivity index is 1.72. The molecule has 0 saturated carbocycles. The Hall–Kier alpha value is -2.22. The smallest absolute Gasteiger partial charge is 0.248 e. The first kappa shape index (κ1) is 17.6. The molecule has 1 aromatic heterocycles. The third kappa shape index (κ3) is 4.25. The first-order valence-electron chi connectivity index (χ1n) is 6.90. The van der Waals surface area contributed by atoms with Crippen molar-refractivity contribution in [3.63, 3.8) is 0 Å². The standard InChI is InChI=1S/C15H9Cl3FN5O/c16-9-5-11(17)14(12(18)6-9)20-13(25)7-24-22-15(21-23-24)8-2-1-3-10(19)4-8/h1-6H,7H2,(H,20,25). The zero-order chi connectivity index (χ0) is 18.0. The normalized spacial score (nSPS) is 10.7. The molecule has 0 bridgehead atoms. The molecular formula is C15H9Cl3FN5O. The van der Waals surface area contributed by atoms with Gasteiger partial charge in [0.25, 0.3) is 0 Å². The van der Waals surface area contributed by atoms with Crippen molar-refractivity contribution in [3.05, 3.63) is 57.3 Å². The van der Waals surface area contributed by atoms with Gasteiger partial charge in [0, 0.05) is 10.6 Å². The summed E-state index contributed by atoms with van der Waals surface area (Å²) in [5.41, 5.74) is 0.693. The SMILES string of the molecule is O=C(Cn1nnc(-c2cccc(F)c2)n1)Nc1c(Cl)cc(Cl)cc1Cl. The number of tetrazole rings is 1. The fourth-order valence-corrected chi connectivity index (χ4v) is 2.93. The largest absolute Gasteiger partial charge is 0.322 e. The fraction of sp³-hybridized carbons (Fsp3) is 0.0667. The molecule has 0 unspecified atom stereocenters. The lowest BCUT2D eigenvalue weighted by molar-refractivity contribution is -0.117. The number of rotatable bonds is 4. The van der Waals surface area contributed by atoms with E-state index in [1.165, 1.54) is 30.3 Å². The van der Waals surface area contributed by atoms with Crippen LogP contribution in [0, 0.1) is 5.82 Å². The zero-order valence-electron chi connectivity index (χ0n) is 12.4. The maximum atomic E-state index is 13.2. The minimum atomic E-state index is -0.464. The Kier molecular flexibility index (Phi) is 5.17. The van der Waals surface area contributed by atoms with Gasteiger partial charge in [-0.1, -0.05) is 46.9 Å². The van der Waals surface area contributed by atoms with Gasteiger partial charge in [0.15, 0.2) is 0 Å². The molecular weight excluding hydrogens is 392 g/mol. The Morgan fingerprint density at radius 3 is 2.56 bits per heavy atom. The lowest BCUT2D eigenvalue weighted by atomic mass is 10.2. The van der Waals surface area contributed by atoms with Gasteiger partial charge in [0.2, 0.25) is 11.7 Å². The molecule has 3 aromatic rings. The summed E-state index contributed by atoms with van der Waals surface area (Å²) < 4.78 is 13.2. The van der Waals surface area contributed by atoms with Crippen LogP contribution in [0.5, 0.6) is 0 Å². The van der Waals surface area contributed by atoms with Crippen LogP contribution in [-0.2, 0) is 11.3 Å². The second kappa shape index (κ2) is 7.35. The molecule has 128 valence electrons. The predicted octanol–water partition coefficient (Wildman–Crippen LogP) is 4.08.